The third kappa shape index (κ3) is 3.62. The Morgan fingerprint density at radius 2 is 1.88 bits per heavy atom. The molecule has 0 amide bonds. The predicted octanol–water partition coefficient (Wildman–Crippen LogP) is 2.98. The zero-order chi connectivity index (χ0) is 12.1. The van der Waals surface area contributed by atoms with Gasteiger partial charge in [0.05, 0.1) is 6.10 Å². The molecule has 17 heavy (non-hydrogen) atoms. The van der Waals surface area contributed by atoms with Gasteiger partial charge in [-0.25, -0.2) is 0 Å². The van der Waals surface area contributed by atoms with E-state index in [0.717, 1.165) is 12.4 Å². The molecule has 2 nitrogen and oxygen atoms in total. The second-order valence-electron chi connectivity index (χ2n) is 5.80. The average molecular weight is 257 g/mol. The molecule has 0 N–H and O–H groups in total. The molecule has 0 aromatic heterocycles. The third-order valence-corrected chi connectivity index (χ3v) is 5.17. The van der Waals surface area contributed by atoms with E-state index in [1.165, 1.54) is 58.2 Å². The van der Waals surface area contributed by atoms with Crippen molar-refractivity contribution in [3.63, 3.8) is 0 Å². The first-order valence-corrected chi connectivity index (χ1v) is 7.86. The monoisotopic (exact) mass is 257 g/mol. The minimum atomic E-state index is 0.520. The van der Waals surface area contributed by atoms with Crippen molar-refractivity contribution in [1.82, 2.24) is 4.90 Å². The molecule has 0 aromatic rings. The number of nitrogens with zero attached hydrogens (tertiary/aromatic N) is 1. The summed E-state index contributed by atoms with van der Waals surface area (Å²) in [6.07, 6.45) is 8.56. The van der Waals surface area contributed by atoms with Crippen LogP contribution in [0.15, 0.2) is 0 Å². The fourth-order valence-corrected chi connectivity index (χ4v) is 3.85. The number of hydrogen-bond donors (Lipinski definition) is 1. The van der Waals surface area contributed by atoms with Crippen molar-refractivity contribution in [1.29, 1.82) is 0 Å². The highest BCUT2D eigenvalue weighted by Gasteiger charge is 2.35. The van der Waals surface area contributed by atoms with E-state index in [2.05, 4.69) is 24.5 Å². The molecule has 1 heterocycles. The second-order valence-corrected chi connectivity index (χ2v) is 6.11. The van der Waals surface area contributed by atoms with Crippen LogP contribution in [-0.2, 0) is 4.74 Å². The quantitative estimate of drug-likeness (QED) is 0.760. The van der Waals surface area contributed by atoms with Crippen molar-refractivity contribution >= 4 is 12.6 Å². The summed E-state index contributed by atoms with van der Waals surface area (Å²) in [7, 11) is 0. The minimum Gasteiger partial charge on any atom is -0.378 e. The number of likely N-dealkylation sites (tertiary alicyclic amines) is 1. The molecule has 1 aliphatic carbocycles. The fourth-order valence-electron chi connectivity index (χ4n) is 3.44. The minimum absolute atomic E-state index is 0.520. The van der Waals surface area contributed by atoms with E-state index in [-0.39, 0.29) is 0 Å². The van der Waals surface area contributed by atoms with Gasteiger partial charge in [0, 0.05) is 26.2 Å². The van der Waals surface area contributed by atoms with Crippen LogP contribution in [0, 0.1) is 5.41 Å². The number of thiol groups is 1. The van der Waals surface area contributed by atoms with Gasteiger partial charge in [0.2, 0.25) is 0 Å². The van der Waals surface area contributed by atoms with E-state index in [4.69, 9.17) is 4.74 Å². The van der Waals surface area contributed by atoms with E-state index < -0.39 is 0 Å². The van der Waals surface area contributed by atoms with Crippen LogP contribution in [0.1, 0.15) is 45.4 Å². The van der Waals surface area contributed by atoms with Crippen molar-refractivity contribution < 1.29 is 4.74 Å². The van der Waals surface area contributed by atoms with Gasteiger partial charge < -0.3 is 9.64 Å². The zero-order valence-corrected chi connectivity index (χ0v) is 12.1. The van der Waals surface area contributed by atoms with Crippen LogP contribution >= 0.6 is 12.6 Å². The van der Waals surface area contributed by atoms with E-state index in [9.17, 15) is 0 Å². The highest BCUT2D eigenvalue weighted by atomic mass is 32.1. The maximum absolute atomic E-state index is 5.71. The van der Waals surface area contributed by atoms with Gasteiger partial charge in [0.1, 0.15) is 0 Å². The van der Waals surface area contributed by atoms with Crippen LogP contribution in [0.5, 0.6) is 0 Å². The molecule has 1 aliphatic heterocycles. The Kier molecular flexibility index (Phi) is 5.19. The maximum atomic E-state index is 5.71. The van der Waals surface area contributed by atoms with E-state index in [0.29, 0.717) is 11.5 Å². The Morgan fingerprint density at radius 3 is 2.41 bits per heavy atom. The topological polar surface area (TPSA) is 12.5 Å². The summed E-state index contributed by atoms with van der Waals surface area (Å²) in [6.45, 7) is 6.68. The first-order valence-electron chi connectivity index (χ1n) is 7.23. The summed E-state index contributed by atoms with van der Waals surface area (Å²) in [5.41, 5.74) is 0.529. The Morgan fingerprint density at radius 1 is 1.24 bits per heavy atom. The van der Waals surface area contributed by atoms with Crippen LogP contribution in [0.2, 0.25) is 0 Å². The number of ether oxygens (including phenoxy) is 1. The summed E-state index contributed by atoms with van der Waals surface area (Å²) in [4.78, 5) is 2.65. The number of hydrogen-bond acceptors (Lipinski definition) is 3. The molecule has 0 radical (unpaired) electrons. The third-order valence-electron chi connectivity index (χ3n) is 4.50. The van der Waals surface area contributed by atoms with Gasteiger partial charge in [-0.1, -0.05) is 12.8 Å². The van der Waals surface area contributed by atoms with Crippen LogP contribution in [0.25, 0.3) is 0 Å². The highest BCUT2D eigenvalue weighted by molar-refractivity contribution is 7.80. The fraction of sp³-hybridized carbons (Fsp3) is 1.00. The summed E-state index contributed by atoms with van der Waals surface area (Å²) in [5, 5.41) is 0. The average Bonchev–Trinajstić information content (AvgIpc) is 2.81. The standard InChI is InChI=1S/C14H27NOS/c1-2-16-13-5-9-15(10-6-13)11-14(12-17)7-3-4-8-14/h13,17H,2-12H2,1H3. The van der Waals surface area contributed by atoms with Gasteiger partial charge in [-0.05, 0) is 43.8 Å². The van der Waals surface area contributed by atoms with Crippen molar-refractivity contribution in [2.24, 2.45) is 5.41 Å². The maximum Gasteiger partial charge on any atom is 0.0599 e. The lowest BCUT2D eigenvalue weighted by atomic mass is 9.87. The van der Waals surface area contributed by atoms with Crippen LogP contribution in [0.4, 0.5) is 0 Å². The van der Waals surface area contributed by atoms with Crippen molar-refractivity contribution in [3.8, 4) is 0 Å². The lowest BCUT2D eigenvalue weighted by Crippen LogP contribution is -2.43. The molecule has 0 unspecified atom stereocenters. The largest absolute Gasteiger partial charge is 0.378 e. The summed E-state index contributed by atoms with van der Waals surface area (Å²) in [6, 6.07) is 0. The summed E-state index contributed by atoms with van der Waals surface area (Å²) in [5.74, 6) is 1.07. The van der Waals surface area contributed by atoms with Gasteiger partial charge in [0.25, 0.3) is 0 Å². The summed E-state index contributed by atoms with van der Waals surface area (Å²) < 4.78 is 5.71. The van der Waals surface area contributed by atoms with Crippen LogP contribution in [0.3, 0.4) is 0 Å². The van der Waals surface area contributed by atoms with E-state index >= 15 is 0 Å². The molecule has 2 aliphatic rings. The van der Waals surface area contributed by atoms with Gasteiger partial charge in [-0.2, -0.15) is 12.6 Å². The van der Waals surface area contributed by atoms with Crippen molar-refractivity contribution in [2.45, 2.75) is 51.6 Å². The molecule has 0 atom stereocenters. The zero-order valence-electron chi connectivity index (χ0n) is 11.2. The summed E-state index contributed by atoms with van der Waals surface area (Å²) >= 11 is 4.60. The molecular formula is C14H27NOS. The SMILES string of the molecule is CCOC1CCN(CC2(CS)CCCC2)CC1. The van der Waals surface area contributed by atoms with E-state index in [1.807, 2.05) is 0 Å². The molecule has 1 saturated heterocycles. The Bertz CT molecular complexity index is 220. The van der Waals surface area contributed by atoms with Crippen LogP contribution in [-0.4, -0.2) is 43.0 Å². The van der Waals surface area contributed by atoms with Crippen LogP contribution < -0.4 is 0 Å². The highest BCUT2D eigenvalue weighted by Crippen LogP contribution is 2.40. The smallest absolute Gasteiger partial charge is 0.0599 e. The number of rotatable bonds is 5. The van der Waals surface area contributed by atoms with Gasteiger partial charge in [-0.3, -0.25) is 0 Å². The van der Waals surface area contributed by atoms with Crippen molar-refractivity contribution in [3.05, 3.63) is 0 Å². The molecule has 1 saturated carbocycles. The first kappa shape index (κ1) is 13.7. The second kappa shape index (κ2) is 6.44. The molecule has 2 rings (SSSR count). The molecule has 100 valence electrons. The Labute approximate surface area is 112 Å². The Hall–Kier alpha value is 0.270. The molecule has 0 bridgehead atoms. The van der Waals surface area contributed by atoms with Gasteiger partial charge in [-0.15, -0.1) is 0 Å². The number of piperidine rings is 1. The lowest BCUT2D eigenvalue weighted by Gasteiger charge is -2.38. The predicted molar refractivity (Wildman–Crippen MR) is 75.8 cm³/mol. The van der Waals surface area contributed by atoms with E-state index in [1.54, 1.807) is 0 Å². The lowest BCUT2D eigenvalue weighted by molar-refractivity contribution is 0.00609. The normalized spacial score (nSPS) is 26.5. The molecule has 0 spiro atoms. The molecule has 3 heteroatoms. The molecule has 2 fully saturated rings. The first-order chi connectivity index (χ1) is 8.28. The molecular weight excluding hydrogens is 230 g/mol. The van der Waals surface area contributed by atoms with Gasteiger partial charge >= 0.3 is 0 Å². The Balaban J connectivity index is 1.77. The molecule has 0 aromatic carbocycles. The van der Waals surface area contributed by atoms with Crippen molar-refractivity contribution in [2.75, 3.05) is 32.0 Å². The van der Waals surface area contributed by atoms with Gasteiger partial charge in [0.15, 0.2) is 0 Å².